The largest absolute Gasteiger partial charge is 0.392 e. The van der Waals surface area contributed by atoms with Gasteiger partial charge in [0.25, 0.3) is 0 Å². The number of hydrogen-bond donors (Lipinski definition) is 2. The number of piperidine rings is 1. The van der Waals surface area contributed by atoms with E-state index in [2.05, 4.69) is 24.2 Å². The van der Waals surface area contributed by atoms with E-state index in [1.54, 1.807) is 0 Å². The number of nitrogens with zero attached hydrogens (tertiary/aromatic N) is 1. The molecule has 2 bridgehead atoms. The van der Waals surface area contributed by atoms with Gasteiger partial charge in [-0.05, 0) is 39.2 Å². The summed E-state index contributed by atoms with van der Waals surface area (Å²) in [5, 5.41) is 13.3. The predicted molar refractivity (Wildman–Crippen MR) is 66.5 cm³/mol. The van der Waals surface area contributed by atoms with Gasteiger partial charge in [-0.25, -0.2) is 0 Å². The van der Waals surface area contributed by atoms with Crippen molar-refractivity contribution in [3.05, 3.63) is 0 Å². The SMILES string of the molecule is CCCC(O)CNC1CC2CCC(C1)N2C. The van der Waals surface area contributed by atoms with Crippen molar-refractivity contribution in [3.8, 4) is 0 Å². The Bertz CT molecular complexity index is 208. The number of rotatable bonds is 5. The molecule has 0 aliphatic carbocycles. The summed E-state index contributed by atoms with van der Waals surface area (Å²) >= 11 is 0. The van der Waals surface area contributed by atoms with Crippen LogP contribution in [0, 0.1) is 0 Å². The number of fused-ring (bicyclic) bond motifs is 2. The Balaban J connectivity index is 1.72. The molecule has 2 rings (SSSR count). The van der Waals surface area contributed by atoms with Gasteiger partial charge < -0.3 is 15.3 Å². The van der Waals surface area contributed by atoms with Crippen LogP contribution in [-0.4, -0.2) is 47.8 Å². The zero-order valence-electron chi connectivity index (χ0n) is 10.7. The van der Waals surface area contributed by atoms with Crippen LogP contribution in [0.5, 0.6) is 0 Å². The first kappa shape index (κ1) is 12.3. The minimum Gasteiger partial charge on any atom is -0.392 e. The first-order chi connectivity index (χ1) is 7.70. The second kappa shape index (κ2) is 5.48. The maximum absolute atomic E-state index is 9.71. The first-order valence-corrected chi connectivity index (χ1v) is 6.84. The molecule has 2 N–H and O–H groups in total. The third-order valence-corrected chi connectivity index (χ3v) is 4.36. The molecule has 0 radical (unpaired) electrons. The zero-order valence-corrected chi connectivity index (χ0v) is 10.7. The van der Waals surface area contributed by atoms with Gasteiger partial charge in [0.05, 0.1) is 6.10 Å². The first-order valence-electron chi connectivity index (χ1n) is 6.84. The van der Waals surface area contributed by atoms with Crippen LogP contribution in [0.2, 0.25) is 0 Å². The van der Waals surface area contributed by atoms with Crippen LogP contribution in [0.1, 0.15) is 45.4 Å². The number of nitrogens with one attached hydrogen (secondary N) is 1. The van der Waals surface area contributed by atoms with Crippen molar-refractivity contribution in [3.63, 3.8) is 0 Å². The molecule has 0 spiro atoms. The normalized spacial score (nSPS) is 36.6. The lowest BCUT2D eigenvalue weighted by Gasteiger charge is -2.37. The molecule has 2 saturated heterocycles. The third kappa shape index (κ3) is 2.76. The standard InChI is InChI=1S/C13H26N2O/c1-3-4-13(16)9-14-10-7-11-5-6-12(8-10)15(11)2/h10-14,16H,3-9H2,1-2H3. The van der Waals surface area contributed by atoms with Crippen LogP contribution in [0.15, 0.2) is 0 Å². The summed E-state index contributed by atoms with van der Waals surface area (Å²) in [6, 6.07) is 2.22. The van der Waals surface area contributed by atoms with Gasteiger partial charge >= 0.3 is 0 Å². The monoisotopic (exact) mass is 226 g/mol. The molecule has 3 heteroatoms. The highest BCUT2D eigenvalue weighted by atomic mass is 16.3. The molecule has 0 aromatic carbocycles. The summed E-state index contributed by atoms with van der Waals surface area (Å²) < 4.78 is 0. The fourth-order valence-electron chi connectivity index (χ4n) is 3.32. The summed E-state index contributed by atoms with van der Waals surface area (Å²) in [6.07, 6.45) is 7.13. The van der Waals surface area contributed by atoms with Crippen molar-refractivity contribution in [2.75, 3.05) is 13.6 Å². The van der Waals surface area contributed by atoms with E-state index in [4.69, 9.17) is 0 Å². The molecule has 2 fully saturated rings. The Labute approximate surface area is 99.2 Å². The fourth-order valence-corrected chi connectivity index (χ4v) is 3.32. The highest BCUT2D eigenvalue weighted by molar-refractivity contribution is 4.96. The van der Waals surface area contributed by atoms with E-state index in [1.807, 2.05) is 0 Å². The van der Waals surface area contributed by atoms with Gasteiger partial charge in [-0.3, -0.25) is 0 Å². The Morgan fingerprint density at radius 3 is 2.50 bits per heavy atom. The molecular weight excluding hydrogens is 200 g/mol. The van der Waals surface area contributed by atoms with Crippen molar-refractivity contribution >= 4 is 0 Å². The molecule has 0 saturated carbocycles. The zero-order chi connectivity index (χ0) is 11.5. The number of aliphatic hydroxyl groups excluding tert-OH is 1. The Hall–Kier alpha value is -0.120. The van der Waals surface area contributed by atoms with Crippen LogP contribution in [0.25, 0.3) is 0 Å². The highest BCUT2D eigenvalue weighted by Gasteiger charge is 2.38. The Kier molecular flexibility index (Phi) is 4.22. The Morgan fingerprint density at radius 1 is 1.31 bits per heavy atom. The van der Waals surface area contributed by atoms with E-state index in [0.717, 1.165) is 31.5 Å². The molecular formula is C13H26N2O. The molecule has 0 aromatic rings. The summed E-state index contributed by atoms with van der Waals surface area (Å²) in [5.74, 6) is 0. The molecule has 3 nitrogen and oxygen atoms in total. The van der Waals surface area contributed by atoms with Gasteiger partial charge in [-0.15, -0.1) is 0 Å². The molecule has 3 atom stereocenters. The van der Waals surface area contributed by atoms with Gasteiger partial charge in [-0.2, -0.15) is 0 Å². The van der Waals surface area contributed by atoms with Gasteiger partial charge in [-0.1, -0.05) is 13.3 Å². The van der Waals surface area contributed by atoms with Crippen LogP contribution in [0.3, 0.4) is 0 Å². The molecule has 2 aliphatic rings. The number of aliphatic hydroxyl groups is 1. The van der Waals surface area contributed by atoms with Gasteiger partial charge in [0, 0.05) is 24.7 Å². The summed E-state index contributed by atoms with van der Waals surface area (Å²) in [4.78, 5) is 2.56. The van der Waals surface area contributed by atoms with E-state index in [-0.39, 0.29) is 6.10 Å². The van der Waals surface area contributed by atoms with Crippen LogP contribution < -0.4 is 5.32 Å². The predicted octanol–water partition coefficient (Wildman–Crippen LogP) is 1.36. The van der Waals surface area contributed by atoms with Crippen LogP contribution >= 0.6 is 0 Å². The second-order valence-electron chi connectivity index (χ2n) is 5.57. The average Bonchev–Trinajstić information content (AvgIpc) is 2.52. The van der Waals surface area contributed by atoms with Crippen molar-refractivity contribution < 1.29 is 5.11 Å². The van der Waals surface area contributed by atoms with E-state index >= 15 is 0 Å². The van der Waals surface area contributed by atoms with Gasteiger partial charge in [0.15, 0.2) is 0 Å². The van der Waals surface area contributed by atoms with E-state index in [9.17, 15) is 5.11 Å². The molecule has 2 aliphatic heterocycles. The maximum Gasteiger partial charge on any atom is 0.0664 e. The molecule has 16 heavy (non-hydrogen) atoms. The minimum absolute atomic E-state index is 0.151. The molecule has 2 heterocycles. The Morgan fingerprint density at radius 2 is 1.94 bits per heavy atom. The van der Waals surface area contributed by atoms with E-state index in [1.165, 1.54) is 25.7 Å². The van der Waals surface area contributed by atoms with E-state index < -0.39 is 0 Å². The number of hydrogen-bond acceptors (Lipinski definition) is 3. The second-order valence-corrected chi connectivity index (χ2v) is 5.57. The van der Waals surface area contributed by atoms with Crippen molar-refractivity contribution in [2.24, 2.45) is 0 Å². The van der Waals surface area contributed by atoms with Gasteiger partial charge in [0.1, 0.15) is 0 Å². The molecule has 3 unspecified atom stereocenters. The fraction of sp³-hybridized carbons (Fsp3) is 1.00. The van der Waals surface area contributed by atoms with Crippen LogP contribution in [-0.2, 0) is 0 Å². The molecule has 94 valence electrons. The molecule has 0 aromatic heterocycles. The minimum atomic E-state index is -0.151. The lowest BCUT2D eigenvalue weighted by molar-refractivity contribution is 0.123. The topological polar surface area (TPSA) is 35.5 Å². The lowest BCUT2D eigenvalue weighted by atomic mass is 9.98. The maximum atomic E-state index is 9.71. The van der Waals surface area contributed by atoms with Gasteiger partial charge in [0.2, 0.25) is 0 Å². The van der Waals surface area contributed by atoms with E-state index in [0.29, 0.717) is 6.04 Å². The van der Waals surface area contributed by atoms with Crippen molar-refractivity contribution in [1.29, 1.82) is 0 Å². The average molecular weight is 226 g/mol. The summed E-state index contributed by atoms with van der Waals surface area (Å²) in [5.41, 5.74) is 0. The molecule has 0 amide bonds. The smallest absolute Gasteiger partial charge is 0.0664 e. The lowest BCUT2D eigenvalue weighted by Crippen LogP contribution is -2.48. The van der Waals surface area contributed by atoms with Crippen LogP contribution in [0.4, 0.5) is 0 Å². The quantitative estimate of drug-likeness (QED) is 0.743. The summed E-state index contributed by atoms with van der Waals surface area (Å²) in [7, 11) is 2.27. The third-order valence-electron chi connectivity index (χ3n) is 4.36. The van der Waals surface area contributed by atoms with Crippen molar-refractivity contribution in [1.82, 2.24) is 10.2 Å². The highest BCUT2D eigenvalue weighted by Crippen LogP contribution is 2.34. The van der Waals surface area contributed by atoms with Crippen molar-refractivity contribution in [2.45, 2.75) is 69.7 Å². The summed E-state index contributed by atoms with van der Waals surface area (Å²) in [6.45, 7) is 2.90.